The summed E-state index contributed by atoms with van der Waals surface area (Å²) >= 11 is 0. The van der Waals surface area contributed by atoms with E-state index in [9.17, 15) is 4.79 Å². The van der Waals surface area contributed by atoms with Crippen molar-refractivity contribution in [3.63, 3.8) is 0 Å². The van der Waals surface area contributed by atoms with Gasteiger partial charge in [0.05, 0.1) is 12.5 Å². The summed E-state index contributed by atoms with van der Waals surface area (Å²) in [7, 11) is 0. The van der Waals surface area contributed by atoms with Crippen molar-refractivity contribution in [3.05, 3.63) is 0 Å². The molecule has 1 aliphatic rings. The zero-order valence-electron chi connectivity index (χ0n) is 9.62. The Morgan fingerprint density at radius 1 is 1.67 bits per heavy atom. The highest BCUT2D eigenvalue weighted by Gasteiger charge is 2.31. The average molecular weight is 208 g/mol. The SMILES string of the molecule is C#CCN(CCC)C(=O)C1CCNC1C. The van der Waals surface area contributed by atoms with E-state index in [-0.39, 0.29) is 17.9 Å². The van der Waals surface area contributed by atoms with Gasteiger partial charge in [0.2, 0.25) is 5.91 Å². The molecule has 0 aromatic rings. The first kappa shape index (κ1) is 12.1. The number of hydrogen-bond donors (Lipinski definition) is 1. The van der Waals surface area contributed by atoms with E-state index in [1.54, 1.807) is 4.90 Å². The molecule has 1 saturated heterocycles. The molecule has 0 aromatic heterocycles. The summed E-state index contributed by atoms with van der Waals surface area (Å²) in [5, 5.41) is 3.29. The Bertz CT molecular complexity index is 257. The molecule has 15 heavy (non-hydrogen) atoms. The zero-order valence-corrected chi connectivity index (χ0v) is 9.62. The molecule has 1 amide bonds. The molecule has 1 N–H and O–H groups in total. The van der Waals surface area contributed by atoms with Crippen LogP contribution in [0, 0.1) is 18.3 Å². The second-order valence-corrected chi connectivity index (χ2v) is 4.10. The van der Waals surface area contributed by atoms with E-state index in [1.165, 1.54) is 0 Å². The quantitative estimate of drug-likeness (QED) is 0.695. The second-order valence-electron chi connectivity index (χ2n) is 4.10. The van der Waals surface area contributed by atoms with Gasteiger partial charge in [-0.1, -0.05) is 12.8 Å². The lowest BCUT2D eigenvalue weighted by Crippen LogP contribution is -2.40. The van der Waals surface area contributed by atoms with Crippen molar-refractivity contribution in [3.8, 4) is 12.3 Å². The molecule has 2 unspecified atom stereocenters. The third kappa shape index (κ3) is 2.97. The highest BCUT2D eigenvalue weighted by atomic mass is 16.2. The molecule has 0 bridgehead atoms. The fourth-order valence-corrected chi connectivity index (χ4v) is 2.08. The molecular formula is C12H20N2O. The number of amides is 1. The molecule has 0 spiro atoms. The lowest BCUT2D eigenvalue weighted by atomic mass is 10.0. The molecular weight excluding hydrogens is 188 g/mol. The number of rotatable bonds is 4. The van der Waals surface area contributed by atoms with Crippen LogP contribution in [0.4, 0.5) is 0 Å². The molecule has 3 heteroatoms. The number of nitrogens with one attached hydrogen (secondary N) is 1. The molecule has 2 atom stereocenters. The van der Waals surface area contributed by atoms with E-state index >= 15 is 0 Å². The van der Waals surface area contributed by atoms with Crippen molar-refractivity contribution >= 4 is 5.91 Å². The highest BCUT2D eigenvalue weighted by Crippen LogP contribution is 2.18. The van der Waals surface area contributed by atoms with Gasteiger partial charge in [-0.25, -0.2) is 0 Å². The number of carbonyl (C=O) groups excluding carboxylic acids is 1. The minimum absolute atomic E-state index is 0.116. The van der Waals surface area contributed by atoms with E-state index in [2.05, 4.69) is 25.1 Å². The van der Waals surface area contributed by atoms with E-state index in [0.717, 1.165) is 25.9 Å². The Morgan fingerprint density at radius 2 is 2.40 bits per heavy atom. The van der Waals surface area contributed by atoms with Gasteiger partial charge < -0.3 is 10.2 Å². The van der Waals surface area contributed by atoms with Crippen LogP contribution in [-0.4, -0.2) is 36.5 Å². The van der Waals surface area contributed by atoms with Crippen LogP contribution in [0.3, 0.4) is 0 Å². The molecule has 84 valence electrons. The molecule has 1 heterocycles. The number of nitrogens with zero attached hydrogens (tertiary/aromatic N) is 1. The van der Waals surface area contributed by atoms with Gasteiger partial charge in [0.1, 0.15) is 0 Å². The van der Waals surface area contributed by atoms with Crippen LogP contribution in [0.1, 0.15) is 26.7 Å². The molecule has 1 fully saturated rings. The molecule has 0 radical (unpaired) electrons. The van der Waals surface area contributed by atoms with Gasteiger partial charge in [-0.2, -0.15) is 0 Å². The molecule has 3 nitrogen and oxygen atoms in total. The Kier molecular flexibility index (Phi) is 4.64. The Morgan fingerprint density at radius 3 is 2.87 bits per heavy atom. The van der Waals surface area contributed by atoms with E-state index < -0.39 is 0 Å². The number of carbonyl (C=O) groups is 1. The largest absolute Gasteiger partial charge is 0.331 e. The smallest absolute Gasteiger partial charge is 0.228 e. The molecule has 1 rings (SSSR count). The maximum absolute atomic E-state index is 12.1. The van der Waals surface area contributed by atoms with Crippen molar-refractivity contribution < 1.29 is 4.79 Å². The van der Waals surface area contributed by atoms with Crippen LogP contribution in [0.25, 0.3) is 0 Å². The summed E-state index contributed by atoms with van der Waals surface area (Å²) in [4.78, 5) is 13.9. The summed E-state index contributed by atoms with van der Waals surface area (Å²) in [6.45, 7) is 6.28. The van der Waals surface area contributed by atoms with Crippen molar-refractivity contribution in [2.24, 2.45) is 5.92 Å². The lowest BCUT2D eigenvalue weighted by Gasteiger charge is -2.24. The van der Waals surface area contributed by atoms with E-state index in [1.807, 2.05) is 0 Å². The normalized spacial score (nSPS) is 24.9. The predicted molar refractivity (Wildman–Crippen MR) is 61.3 cm³/mol. The van der Waals surface area contributed by atoms with Crippen LogP contribution in [0.5, 0.6) is 0 Å². The second kappa shape index (κ2) is 5.77. The van der Waals surface area contributed by atoms with Crippen LogP contribution in [-0.2, 0) is 4.79 Å². The summed E-state index contributed by atoms with van der Waals surface area (Å²) in [6.07, 6.45) is 7.17. The standard InChI is InChI=1S/C12H20N2O/c1-4-8-14(9-5-2)12(15)11-6-7-13-10(11)3/h1,10-11,13H,5-9H2,2-3H3. The topological polar surface area (TPSA) is 32.3 Å². The summed E-state index contributed by atoms with van der Waals surface area (Å²) in [6, 6.07) is 0.287. The summed E-state index contributed by atoms with van der Waals surface area (Å²) in [5.74, 6) is 2.89. The van der Waals surface area contributed by atoms with Crippen LogP contribution in [0.2, 0.25) is 0 Å². The van der Waals surface area contributed by atoms with Gasteiger partial charge in [0.25, 0.3) is 0 Å². The van der Waals surface area contributed by atoms with Gasteiger partial charge in [-0.15, -0.1) is 6.42 Å². The monoisotopic (exact) mass is 208 g/mol. The lowest BCUT2D eigenvalue weighted by molar-refractivity contribution is -0.135. The van der Waals surface area contributed by atoms with Gasteiger partial charge in [-0.05, 0) is 26.3 Å². The highest BCUT2D eigenvalue weighted by molar-refractivity contribution is 5.80. The van der Waals surface area contributed by atoms with Crippen molar-refractivity contribution in [1.82, 2.24) is 10.2 Å². The first-order chi connectivity index (χ1) is 7.20. The fourth-order valence-electron chi connectivity index (χ4n) is 2.08. The molecule has 0 aromatic carbocycles. The fraction of sp³-hybridized carbons (Fsp3) is 0.750. The first-order valence-corrected chi connectivity index (χ1v) is 5.66. The third-order valence-electron chi connectivity index (χ3n) is 2.93. The molecule has 0 aliphatic carbocycles. The third-order valence-corrected chi connectivity index (χ3v) is 2.93. The van der Waals surface area contributed by atoms with Gasteiger partial charge >= 0.3 is 0 Å². The van der Waals surface area contributed by atoms with Gasteiger partial charge in [0.15, 0.2) is 0 Å². The Balaban J connectivity index is 2.58. The summed E-state index contributed by atoms with van der Waals surface area (Å²) in [5.41, 5.74) is 0. The first-order valence-electron chi connectivity index (χ1n) is 5.66. The van der Waals surface area contributed by atoms with Crippen molar-refractivity contribution in [1.29, 1.82) is 0 Å². The summed E-state index contributed by atoms with van der Waals surface area (Å²) < 4.78 is 0. The van der Waals surface area contributed by atoms with Gasteiger partial charge in [0, 0.05) is 12.6 Å². The average Bonchev–Trinajstić information content (AvgIpc) is 2.63. The zero-order chi connectivity index (χ0) is 11.3. The maximum Gasteiger partial charge on any atom is 0.228 e. The Hall–Kier alpha value is -1.01. The number of hydrogen-bond acceptors (Lipinski definition) is 2. The predicted octanol–water partition coefficient (Wildman–Crippen LogP) is 0.856. The minimum atomic E-state index is 0.116. The minimum Gasteiger partial charge on any atom is -0.331 e. The van der Waals surface area contributed by atoms with Crippen LogP contribution < -0.4 is 5.32 Å². The van der Waals surface area contributed by atoms with Crippen molar-refractivity contribution in [2.75, 3.05) is 19.6 Å². The van der Waals surface area contributed by atoms with E-state index in [0.29, 0.717) is 6.54 Å². The molecule has 0 saturated carbocycles. The van der Waals surface area contributed by atoms with Crippen LogP contribution >= 0.6 is 0 Å². The molecule has 1 aliphatic heterocycles. The van der Waals surface area contributed by atoms with Gasteiger partial charge in [-0.3, -0.25) is 4.79 Å². The number of terminal acetylenes is 1. The van der Waals surface area contributed by atoms with Crippen molar-refractivity contribution in [2.45, 2.75) is 32.7 Å². The van der Waals surface area contributed by atoms with Crippen LogP contribution in [0.15, 0.2) is 0 Å². The maximum atomic E-state index is 12.1. The van der Waals surface area contributed by atoms with E-state index in [4.69, 9.17) is 6.42 Å². The Labute approximate surface area is 92.2 Å².